The van der Waals surface area contributed by atoms with Gasteiger partial charge in [0.15, 0.2) is 0 Å². The molecule has 2 amide bonds. The van der Waals surface area contributed by atoms with Crippen LogP contribution in [0.25, 0.3) is 0 Å². The molecule has 2 rings (SSSR count). The highest BCUT2D eigenvalue weighted by atomic mass is 16.2. The number of amides is 2. The Morgan fingerprint density at radius 2 is 1.78 bits per heavy atom. The van der Waals surface area contributed by atoms with E-state index < -0.39 is 11.8 Å². The second kappa shape index (κ2) is 7.35. The maximum Gasteiger partial charge on any atom is 0.313 e. The normalized spacial score (nSPS) is 11.4. The number of carbonyl (C=O) groups is 2. The number of hydrogen-bond donors (Lipinski definition) is 2. The molecule has 7 heteroatoms. The smallest absolute Gasteiger partial charge is 0.313 e. The average Bonchev–Trinajstić information content (AvgIpc) is 2.56. The maximum absolute atomic E-state index is 11.9. The average molecular weight is 313 g/mol. The monoisotopic (exact) mass is 313 g/mol. The van der Waals surface area contributed by atoms with Gasteiger partial charge in [0.05, 0.1) is 17.9 Å². The van der Waals surface area contributed by atoms with Gasteiger partial charge in [0.1, 0.15) is 5.82 Å². The zero-order chi connectivity index (χ0) is 16.8. The van der Waals surface area contributed by atoms with E-state index in [0.29, 0.717) is 5.69 Å². The molecule has 2 aromatic rings. The number of aromatic nitrogens is 2. The Kier molecular flexibility index (Phi) is 5.24. The van der Waals surface area contributed by atoms with Crippen LogP contribution >= 0.6 is 0 Å². The molecule has 0 fully saturated rings. The van der Waals surface area contributed by atoms with E-state index in [1.165, 1.54) is 6.20 Å². The third-order valence-electron chi connectivity index (χ3n) is 3.22. The van der Waals surface area contributed by atoms with Crippen LogP contribution in [-0.4, -0.2) is 35.9 Å². The third kappa shape index (κ3) is 4.50. The van der Waals surface area contributed by atoms with Gasteiger partial charge in [0.2, 0.25) is 0 Å². The highest BCUT2D eigenvalue weighted by molar-refractivity contribution is 6.39. The second-order valence-electron chi connectivity index (χ2n) is 5.23. The molecule has 2 aromatic heterocycles. The molecule has 0 saturated carbocycles. The molecule has 1 unspecified atom stereocenters. The molecule has 0 aliphatic carbocycles. The van der Waals surface area contributed by atoms with E-state index >= 15 is 0 Å². The molecule has 23 heavy (non-hydrogen) atoms. The van der Waals surface area contributed by atoms with Crippen molar-refractivity contribution in [2.24, 2.45) is 0 Å². The summed E-state index contributed by atoms with van der Waals surface area (Å²) in [5.74, 6) is -0.671. The van der Waals surface area contributed by atoms with Crippen LogP contribution in [0, 0.1) is 0 Å². The first-order valence-corrected chi connectivity index (χ1v) is 7.12. The Balaban J connectivity index is 1.93. The van der Waals surface area contributed by atoms with Gasteiger partial charge < -0.3 is 15.5 Å². The number of nitrogens with one attached hydrogen (secondary N) is 2. The van der Waals surface area contributed by atoms with Crippen LogP contribution in [0.1, 0.15) is 18.5 Å². The van der Waals surface area contributed by atoms with Crippen LogP contribution in [0.4, 0.5) is 11.5 Å². The van der Waals surface area contributed by atoms with Crippen molar-refractivity contribution in [3.8, 4) is 0 Å². The number of carbonyl (C=O) groups excluding carboxylic acids is 2. The molecule has 0 aliphatic rings. The first-order valence-electron chi connectivity index (χ1n) is 7.12. The summed E-state index contributed by atoms with van der Waals surface area (Å²) in [4.78, 5) is 33.8. The summed E-state index contributed by atoms with van der Waals surface area (Å²) in [7, 11) is 3.74. The quantitative estimate of drug-likeness (QED) is 0.832. The molecule has 120 valence electrons. The van der Waals surface area contributed by atoms with Gasteiger partial charge in [-0.2, -0.15) is 0 Å². The number of pyridine rings is 2. The van der Waals surface area contributed by atoms with Gasteiger partial charge in [-0.1, -0.05) is 0 Å². The molecule has 2 heterocycles. The van der Waals surface area contributed by atoms with Crippen molar-refractivity contribution in [3.63, 3.8) is 0 Å². The minimum atomic E-state index is -0.731. The summed E-state index contributed by atoms with van der Waals surface area (Å²) in [5.41, 5.74) is 1.34. The number of hydrogen-bond acceptors (Lipinski definition) is 5. The van der Waals surface area contributed by atoms with Gasteiger partial charge in [-0.05, 0) is 36.8 Å². The molecule has 0 radical (unpaired) electrons. The Labute approximate surface area is 134 Å². The summed E-state index contributed by atoms with van der Waals surface area (Å²) in [6.07, 6.45) is 4.78. The molecule has 0 bridgehead atoms. The fraction of sp³-hybridized carbons (Fsp3) is 0.250. The van der Waals surface area contributed by atoms with E-state index in [2.05, 4.69) is 20.6 Å². The lowest BCUT2D eigenvalue weighted by Crippen LogP contribution is -2.36. The topological polar surface area (TPSA) is 87.2 Å². The van der Waals surface area contributed by atoms with Crippen molar-refractivity contribution in [3.05, 3.63) is 48.4 Å². The molecule has 0 aromatic carbocycles. The summed E-state index contributed by atoms with van der Waals surface area (Å²) in [5, 5.41) is 5.16. The van der Waals surface area contributed by atoms with Gasteiger partial charge in [0.25, 0.3) is 0 Å². The molecular formula is C16H19N5O2. The summed E-state index contributed by atoms with van der Waals surface area (Å²) < 4.78 is 0. The van der Waals surface area contributed by atoms with Gasteiger partial charge in [-0.3, -0.25) is 14.6 Å². The standard InChI is InChI=1S/C16H19N5O2/c1-11(12-6-8-17-9-7-12)19-15(22)16(23)20-13-4-5-14(18-10-13)21(2)3/h4-11H,1-3H3,(H,19,22)(H,20,23). The molecule has 0 aliphatic heterocycles. The largest absolute Gasteiger partial charge is 0.363 e. The van der Waals surface area contributed by atoms with Gasteiger partial charge in [-0.25, -0.2) is 4.98 Å². The highest BCUT2D eigenvalue weighted by Gasteiger charge is 2.17. The van der Waals surface area contributed by atoms with Crippen LogP contribution in [-0.2, 0) is 9.59 Å². The molecule has 0 saturated heterocycles. The van der Waals surface area contributed by atoms with Gasteiger partial charge in [0, 0.05) is 26.5 Å². The first-order chi connectivity index (χ1) is 11.0. The Bertz CT molecular complexity index is 671. The minimum absolute atomic E-state index is 0.287. The number of rotatable bonds is 4. The SMILES string of the molecule is CC(NC(=O)C(=O)Nc1ccc(N(C)C)nc1)c1ccncc1. The Morgan fingerprint density at radius 1 is 1.09 bits per heavy atom. The lowest BCUT2D eigenvalue weighted by molar-refractivity contribution is -0.136. The summed E-state index contributed by atoms with van der Waals surface area (Å²) >= 11 is 0. The third-order valence-corrected chi connectivity index (χ3v) is 3.22. The molecule has 7 nitrogen and oxygen atoms in total. The fourth-order valence-electron chi connectivity index (χ4n) is 1.91. The minimum Gasteiger partial charge on any atom is -0.363 e. The van der Waals surface area contributed by atoms with Crippen molar-refractivity contribution >= 4 is 23.3 Å². The van der Waals surface area contributed by atoms with Crippen molar-refractivity contribution in [1.82, 2.24) is 15.3 Å². The van der Waals surface area contributed by atoms with Crippen molar-refractivity contribution in [2.75, 3.05) is 24.3 Å². The van der Waals surface area contributed by atoms with Crippen LogP contribution in [0.15, 0.2) is 42.9 Å². The van der Waals surface area contributed by atoms with Crippen LogP contribution < -0.4 is 15.5 Å². The lowest BCUT2D eigenvalue weighted by atomic mass is 10.1. The van der Waals surface area contributed by atoms with E-state index in [1.807, 2.05) is 19.0 Å². The van der Waals surface area contributed by atoms with E-state index in [1.54, 1.807) is 43.6 Å². The molecule has 2 N–H and O–H groups in total. The van der Waals surface area contributed by atoms with Crippen LogP contribution in [0.5, 0.6) is 0 Å². The number of anilines is 2. The van der Waals surface area contributed by atoms with Crippen molar-refractivity contribution in [2.45, 2.75) is 13.0 Å². The molecule has 0 spiro atoms. The number of nitrogens with zero attached hydrogens (tertiary/aromatic N) is 3. The van der Waals surface area contributed by atoms with Crippen LogP contribution in [0.2, 0.25) is 0 Å². The highest BCUT2D eigenvalue weighted by Crippen LogP contribution is 2.12. The predicted molar refractivity (Wildman–Crippen MR) is 88.0 cm³/mol. The van der Waals surface area contributed by atoms with Crippen molar-refractivity contribution < 1.29 is 9.59 Å². The summed E-state index contributed by atoms with van der Waals surface area (Å²) in [6.45, 7) is 1.80. The van der Waals surface area contributed by atoms with Crippen molar-refractivity contribution in [1.29, 1.82) is 0 Å². The predicted octanol–water partition coefficient (Wildman–Crippen LogP) is 1.36. The van der Waals surface area contributed by atoms with E-state index in [4.69, 9.17) is 0 Å². The zero-order valence-electron chi connectivity index (χ0n) is 13.3. The van der Waals surface area contributed by atoms with Gasteiger partial charge in [-0.15, -0.1) is 0 Å². The first kappa shape index (κ1) is 16.4. The van der Waals surface area contributed by atoms with E-state index in [9.17, 15) is 9.59 Å². The lowest BCUT2D eigenvalue weighted by Gasteiger charge is -2.14. The zero-order valence-corrected chi connectivity index (χ0v) is 13.3. The van der Waals surface area contributed by atoms with Gasteiger partial charge >= 0.3 is 11.8 Å². The summed E-state index contributed by atoms with van der Waals surface area (Å²) in [6, 6.07) is 6.73. The maximum atomic E-state index is 11.9. The second-order valence-corrected chi connectivity index (χ2v) is 5.23. The molecular weight excluding hydrogens is 294 g/mol. The Hall–Kier alpha value is -2.96. The fourth-order valence-corrected chi connectivity index (χ4v) is 1.91. The Morgan fingerprint density at radius 3 is 2.35 bits per heavy atom. The van der Waals surface area contributed by atoms with E-state index in [0.717, 1.165) is 11.4 Å². The van der Waals surface area contributed by atoms with Crippen LogP contribution in [0.3, 0.4) is 0 Å². The van der Waals surface area contributed by atoms with E-state index in [-0.39, 0.29) is 6.04 Å². The molecule has 1 atom stereocenters.